The first-order valence-corrected chi connectivity index (χ1v) is 5.98. The third-order valence-corrected chi connectivity index (χ3v) is 2.81. The van der Waals surface area contributed by atoms with E-state index in [1.165, 1.54) is 24.8 Å². The Kier molecular flexibility index (Phi) is 5.88. The Labute approximate surface area is 95.5 Å². The molecule has 0 spiro atoms. The third-order valence-electron chi connectivity index (χ3n) is 2.20. The van der Waals surface area contributed by atoms with E-state index in [4.69, 9.17) is 0 Å². The summed E-state index contributed by atoms with van der Waals surface area (Å²) in [5.41, 5.74) is 1.36. The maximum atomic E-state index is 3.58. The van der Waals surface area contributed by atoms with Gasteiger partial charge in [-0.2, -0.15) is 0 Å². The maximum absolute atomic E-state index is 3.58. The number of unbranched alkanes of at least 4 members (excludes halogenated alkanes) is 2. The van der Waals surface area contributed by atoms with Crippen molar-refractivity contribution < 1.29 is 0 Å². The molecule has 0 atom stereocenters. The molecule has 0 fully saturated rings. The van der Waals surface area contributed by atoms with Gasteiger partial charge in [-0.25, -0.2) is 0 Å². The van der Waals surface area contributed by atoms with Gasteiger partial charge in [-0.1, -0.05) is 47.6 Å². The third kappa shape index (κ3) is 4.77. The normalized spacial score (nSPS) is 10.8. The molecule has 14 heavy (non-hydrogen) atoms. The van der Waals surface area contributed by atoms with Gasteiger partial charge in [0.2, 0.25) is 0 Å². The van der Waals surface area contributed by atoms with E-state index in [2.05, 4.69) is 57.3 Å². The van der Waals surface area contributed by atoms with Gasteiger partial charge in [0.25, 0.3) is 16.1 Å². The lowest BCUT2D eigenvalue weighted by Gasteiger charge is -2.03. The standard InChI is InChI=1S/C12H18BrN/c1-2-3-7-10-14(13)11-12-8-5-4-6-9-12/h4-6,8-9H,2-3,7,10-11H2,1H3/q+1. The van der Waals surface area contributed by atoms with E-state index >= 15 is 0 Å². The van der Waals surface area contributed by atoms with Gasteiger partial charge in [-0.15, -0.1) is 0 Å². The molecule has 0 saturated heterocycles. The van der Waals surface area contributed by atoms with Crippen LogP contribution in [-0.2, 0) is 6.54 Å². The molecule has 2 heteroatoms. The van der Waals surface area contributed by atoms with Crippen molar-refractivity contribution in [3.63, 3.8) is 0 Å². The van der Waals surface area contributed by atoms with Gasteiger partial charge in [0.15, 0.2) is 6.54 Å². The molecular formula is C12H18BrN+. The number of hydrogen-bond donors (Lipinski definition) is 0. The van der Waals surface area contributed by atoms with Crippen molar-refractivity contribution in [2.45, 2.75) is 32.7 Å². The zero-order valence-electron chi connectivity index (χ0n) is 8.75. The average Bonchev–Trinajstić information content (AvgIpc) is 2.20. The molecule has 1 aromatic carbocycles. The predicted octanol–water partition coefficient (Wildman–Crippen LogP) is 3.83. The number of hydrogen-bond acceptors (Lipinski definition) is 1. The number of halogens is 1. The van der Waals surface area contributed by atoms with Gasteiger partial charge in [-0.3, -0.25) is 0 Å². The Morgan fingerprint density at radius 1 is 1.14 bits per heavy atom. The second-order valence-corrected chi connectivity index (χ2v) is 4.54. The minimum Gasteiger partial charge on any atom is -0.0923 e. The van der Waals surface area contributed by atoms with Gasteiger partial charge in [0.1, 0.15) is 6.54 Å². The molecule has 1 nitrogen and oxygen atoms in total. The van der Waals surface area contributed by atoms with E-state index < -0.39 is 0 Å². The zero-order valence-corrected chi connectivity index (χ0v) is 10.3. The minimum atomic E-state index is 0.991. The summed E-state index contributed by atoms with van der Waals surface area (Å²) in [6, 6.07) is 10.5. The predicted molar refractivity (Wildman–Crippen MR) is 65.6 cm³/mol. The van der Waals surface area contributed by atoms with E-state index in [1.54, 1.807) is 0 Å². The molecule has 0 unspecified atom stereocenters. The largest absolute Gasteiger partial charge is 0.287 e. The molecule has 0 heterocycles. The van der Waals surface area contributed by atoms with Crippen LogP contribution >= 0.6 is 16.1 Å². The van der Waals surface area contributed by atoms with Crippen molar-refractivity contribution in [2.75, 3.05) is 6.54 Å². The highest BCUT2D eigenvalue weighted by Gasteiger charge is 2.10. The first kappa shape index (κ1) is 11.7. The highest BCUT2D eigenvalue weighted by atomic mass is 79.9. The molecule has 0 saturated carbocycles. The van der Waals surface area contributed by atoms with Crippen molar-refractivity contribution in [2.24, 2.45) is 0 Å². The van der Waals surface area contributed by atoms with Gasteiger partial charge in [0.05, 0.1) is 0 Å². The van der Waals surface area contributed by atoms with E-state index in [1.807, 2.05) is 0 Å². The van der Waals surface area contributed by atoms with Crippen LogP contribution in [0.15, 0.2) is 30.3 Å². The Balaban J connectivity index is 2.23. The second kappa shape index (κ2) is 7.02. The topological polar surface area (TPSA) is 5.90 Å². The van der Waals surface area contributed by atoms with Crippen molar-refractivity contribution in [1.82, 2.24) is 3.93 Å². The van der Waals surface area contributed by atoms with Crippen LogP contribution in [0, 0.1) is 0 Å². The fourth-order valence-electron chi connectivity index (χ4n) is 1.39. The molecule has 77 valence electrons. The van der Waals surface area contributed by atoms with E-state index in [-0.39, 0.29) is 0 Å². The zero-order chi connectivity index (χ0) is 10.2. The molecule has 1 radical (unpaired) electrons. The maximum Gasteiger partial charge on any atom is 0.287 e. The van der Waals surface area contributed by atoms with E-state index in [9.17, 15) is 0 Å². The van der Waals surface area contributed by atoms with Crippen LogP contribution < -0.4 is 3.93 Å². The highest BCUT2D eigenvalue weighted by molar-refractivity contribution is 9.08. The fourth-order valence-corrected chi connectivity index (χ4v) is 1.93. The summed E-state index contributed by atoms with van der Waals surface area (Å²) in [5, 5.41) is 0. The monoisotopic (exact) mass is 255 g/mol. The van der Waals surface area contributed by atoms with Crippen LogP contribution in [0.5, 0.6) is 0 Å². The molecule has 0 aromatic heterocycles. The Morgan fingerprint density at radius 3 is 2.50 bits per heavy atom. The second-order valence-electron chi connectivity index (χ2n) is 3.54. The Morgan fingerprint density at radius 2 is 1.86 bits per heavy atom. The van der Waals surface area contributed by atoms with Gasteiger partial charge < -0.3 is 0 Å². The smallest absolute Gasteiger partial charge is 0.0923 e. The molecule has 0 N–H and O–H groups in total. The first-order chi connectivity index (χ1) is 6.83. The molecule has 0 aliphatic carbocycles. The van der Waals surface area contributed by atoms with Crippen molar-refractivity contribution in [1.29, 1.82) is 0 Å². The van der Waals surface area contributed by atoms with Gasteiger partial charge in [-0.05, 0) is 6.42 Å². The summed E-state index contributed by atoms with van der Waals surface area (Å²) in [7, 11) is 0. The lowest BCUT2D eigenvalue weighted by molar-refractivity contribution is 0.572. The molecule has 1 aromatic rings. The van der Waals surface area contributed by atoms with Gasteiger partial charge >= 0.3 is 0 Å². The Hall–Kier alpha value is -0.340. The van der Waals surface area contributed by atoms with Crippen molar-refractivity contribution >= 4 is 16.1 Å². The summed E-state index contributed by atoms with van der Waals surface area (Å²) in [4.78, 5) is 0. The average molecular weight is 256 g/mol. The van der Waals surface area contributed by atoms with Gasteiger partial charge in [0, 0.05) is 12.0 Å². The van der Waals surface area contributed by atoms with Crippen LogP contribution in [0.3, 0.4) is 0 Å². The molecular weight excluding hydrogens is 238 g/mol. The number of nitrogens with zero attached hydrogens (tertiary/aromatic N) is 1. The van der Waals surface area contributed by atoms with E-state index in [0.717, 1.165) is 13.1 Å². The molecule has 0 aliphatic heterocycles. The SMILES string of the molecule is CCCCC[N+](Br)Cc1ccccc1. The van der Waals surface area contributed by atoms with Crippen LogP contribution in [0.2, 0.25) is 0 Å². The number of benzene rings is 1. The van der Waals surface area contributed by atoms with Crippen LogP contribution in [-0.4, -0.2) is 6.54 Å². The highest BCUT2D eigenvalue weighted by Crippen LogP contribution is 2.07. The molecule has 1 rings (SSSR count). The lowest BCUT2D eigenvalue weighted by atomic mass is 10.2. The summed E-state index contributed by atoms with van der Waals surface area (Å²) >= 11 is 3.58. The van der Waals surface area contributed by atoms with Crippen LogP contribution in [0.1, 0.15) is 31.7 Å². The van der Waals surface area contributed by atoms with Crippen molar-refractivity contribution in [3.05, 3.63) is 35.9 Å². The summed E-state index contributed by atoms with van der Waals surface area (Å²) in [5.74, 6) is 0. The fraction of sp³-hybridized carbons (Fsp3) is 0.500. The lowest BCUT2D eigenvalue weighted by Crippen LogP contribution is -2.18. The van der Waals surface area contributed by atoms with Crippen LogP contribution in [0.4, 0.5) is 0 Å². The number of rotatable bonds is 6. The first-order valence-electron chi connectivity index (χ1n) is 5.27. The minimum absolute atomic E-state index is 0.991. The van der Waals surface area contributed by atoms with E-state index in [0.29, 0.717) is 0 Å². The van der Waals surface area contributed by atoms with Crippen LogP contribution in [0.25, 0.3) is 0 Å². The Bertz CT molecular complexity index is 235. The molecule has 0 amide bonds. The van der Waals surface area contributed by atoms with Crippen molar-refractivity contribution in [3.8, 4) is 0 Å². The summed E-state index contributed by atoms with van der Waals surface area (Å²) < 4.78 is 2.21. The molecule has 0 bridgehead atoms. The summed E-state index contributed by atoms with van der Waals surface area (Å²) in [6.07, 6.45) is 3.87. The molecule has 0 aliphatic rings. The quantitative estimate of drug-likeness (QED) is 0.539. The summed E-state index contributed by atoms with van der Waals surface area (Å²) in [6.45, 7) is 4.35.